The van der Waals surface area contributed by atoms with Gasteiger partial charge in [-0.15, -0.1) is 11.3 Å². The second-order valence-electron chi connectivity index (χ2n) is 6.58. The number of aromatic nitrogens is 3. The van der Waals surface area contributed by atoms with Gasteiger partial charge in [-0.2, -0.15) is 13.2 Å². The first-order valence-electron chi connectivity index (χ1n) is 9.14. The zero-order chi connectivity index (χ0) is 25.0. The summed E-state index contributed by atoms with van der Waals surface area (Å²) in [5.74, 6) is -2.06. The number of rotatable bonds is 3. The molecule has 0 saturated carbocycles. The second kappa shape index (κ2) is 10.3. The molecule has 0 unspecified atom stereocenters. The van der Waals surface area contributed by atoms with E-state index in [9.17, 15) is 18.0 Å². The minimum atomic E-state index is -5.08. The first-order valence-corrected chi connectivity index (χ1v) is 10.8. The van der Waals surface area contributed by atoms with Crippen molar-refractivity contribution in [1.82, 2.24) is 15.0 Å². The van der Waals surface area contributed by atoms with Crippen LogP contribution >= 0.6 is 34.5 Å². The summed E-state index contributed by atoms with van der Waals surface area (Å²) < 4.78 is 31.7. The summed E-state index contributed by atoms with van der Waals surface area (Å²) in [6, 6.07) is 10.1. The molecule has 2 heterocycles. The molecule has 2 amide bonds. The lowest BCUT2D eigenvalue weighted by molar-refractivity contribution is -0.192. The number of imidazole rings is 1. The van der Waals surface area contributed by atoms with E-state index in [1.165, 1.54) is 16.2 Å². The molecular weight excluding hydrogens is 518 g/mol. The molecule has 178 valence electrons. The van der Waals surface area contributed by atoms with Crippen molar-refractivity contribution in [2.75, 3.05) is 17.3 Å². The van der Waals surface area contributed by atoms with Crippen LogP contribution in [0.1, 0.15) is 0 Å². The highest BCUT2D eigenvalue weighted by molar-refractivity contribution is 7.07. The Hall–Kier alpha value is -3.35. The van der Waals surface area contributed by atoms with Gasteiger partial charge in [0.15, 0.2) is 5.82 Å². The quantitative estimate of drug-likeness (QED) is 0.287. The van der Waals surface area contributed by atoms with E-state index in [1.807, 2.05) is 17.5 Å². The predicted octanol–water partition coefficient (Wildman–Crippen LogP) is 6.29. The van der Waals surface area contributed by atoms with Crippen LogP contribution in [0.3, 0.4) is 0 Å². The molecule has 0 bridgehead atoms. The summed E-state index contributed by atoms with van der Waals surface area (Å²) in [6.45, 7) is 0. The normalized spacial score (nSPS) is 11.0. The Morgan fingerprint density at radius 3 is 2.47 bits per heavy atom. The second-order valence-corrected chi connectivity index (χ2v) is 8.14. The lowest BCUT2D eigenvalue weighted by atomic mass is 10.2. The van der Waals surface area contributed by atoms with Gasteiger partial charge in [-0.3, -0.25) is 4.90 Å². The van der Waals surface area contributed by atoms with Gasteiger partial charge in [-0.1, -0.05) is 23.2 Å². The summed E-state index contributed by atoms with van der Waals surface area (Å²) in [4.78, 5) is 34.9. The molecule has 0 aliphatic carbocycles. The van der Waals surface area contributed by atoms with E-state index in [1.54, 1.807) is 36.8 Å². The average molecular weight is 532 g/mol. The van der Waals surface area contributed by atoms with Crippen LogP contribution in [-0.4, -0.2) is 45.3 Å². The molecule has 34 heavy (non-hydrogen) atoms. The molecule has 0 aliphatic heterocycles. The van der Waals surface area contributed by atoms with Crippen molar-refractivity contribution in [3.8, 4) is 11.5 Å². The molecule has 0 aliphatic rings. The van der Waals surface area contributed by atoms with Crippen LogP contribution in [0, 0.1) is 0 Å². The Kier molecular flexibility index (Phi) is 7.64. The van der Waals surface area contributed by atoms with Crippen LogP contribution in [0.15, 0.2) is 47.3 Å². The number of amides is 2. The maximum absolute atomic E-state index is 12.6. The first-order chi connectivity index (χ1) is 16.0. The van der Waals surface area contributed by atoms with E-state index >= 15 is 0 Å². The van der Waals surface area contributed by atoms with Crippen LogP contribution in [0.2, 0.25) is 10.0 Å². The highest BCUT2D eigenvalue weighted by Gasteiger charge is 2.38. The predicted molar refractivity (Wildman–Crippen MR) is 125 cm³/mol. The summed E-state index contributed by atoms with van der Waals surface area (Å²) in [5, 5.41) is 12.8. The van der Waals surface area contributed by atoms with Gasteiger partial charge in [0.25, 0.3) is 0 Å². The Bertz CT molecular complexity index is 1330. The van der Waals surface area contributed by atoms with E-state index in [-0.39, 0.29) is 6.03 Å². The molecule has 14 heteroatoms. The van der Waals surface area contributed by atoms with E-state index in [0.29, 0.717) is 27.2 Å². The molecule has 0 fully saturated rings. The number of aromatic amines is 1. The zero-order valence-electron chi connectivity index (χ0n) is 17.0. The van der Waals surface area contributed by atoms with Gasteiger partial charge in [-0.05, 0) is 36.4 Å². The fourth-order valence-corrected chi connectivity index (χ4v) is 3.68. The molecule has 2 aromatic carbocycles. The molecule has 4 rings (SSSR count). The number of H-pyrrole nitrogens is 1. The standard InChI is InChI=1S/C18H13Cl2N5OS.C2HF3O2/c1-25(16-5-2-10(19)6-12(16)20)18(26)22-11-3-4-13-14(7-11)24-17(23-13)15-8-27-9-21-15;3-2(4,5)1(6)7/h2-9H,1H3,(H,22,26)(H,23,24);(H,6,7). The largest absolute Gasteiger partial charge is 0.490 e. The van der Waals surface area contributed by atoms with E-state index in [0.717, 1.165) is 16.7 Å². The average Bonchev–Trinajstić information content (AvgIpc) is 3.42. The number of carbonyl (C=O) groups is 2. The number of nitrogens with one attached hydrogen (secondary N) is 2. The number of hydrogen-bond acceptors (Lipinski definition) is 5. The van der Waals surface area contributed by atoms with Gasteiger partial charge in [0.2, 0.25) is 0 Å². The third kappa shape index (κ3) is 6.16. The fourth-order valence-electron chi connectivity index (χ4n) is 2.61. The summed E-state index contributed by atoms with van der Waals surface area (Å²) >= 11 is 13.6. The molecule has 2 aromatic heterocycles. The number of aliphatic carboxylic acids is 1. The van der Waals surface area contributed by atoms with Crippen molar-refractivity contribution < 1.29 is 27.9 Å². The maximum atomic E-state index is 12.6. The zero-order valence-corrected chi connectivity index (χ0v) is 19.4. The number of alkyl halides is 3. The monoisotopic (exact) mass is 531 g/mol. The summed E-state index contributed by atoms with van der Waals surface area (Å²) in [6.07, 6.45) is -5.08. The van der Waals surface area contributed by atoms with Gasteiger partial charge in [0.05, 0.1) is 27.3 Å². The fraction of sp³-hybridized carbons (Fsp3) is 0.100. The smallest absolute Gasteiger partial charge is 0.475 e. The summed E-state index contributed by atoms with van der Waals surface area (Å²) in [5.41, 5.74) is 5.35. The molecule has 0 saturated heterocycles. The number of benzene rings is 2. The van der Waals surface area contributed by atoms with E-state index < -0.39 is 12.1 Å². The van der Waals surface area contributed by atoms with Crippen LogP contribution in [0.25, 0.3) is 22.6 Å². The summed E-state index contributed by atoms with van der Waals surface area (Å²) in [7, 11) is 1.64. The van der Waals surface area contributed by atoms with Crippen molar-refractivity contribution in [3.05, 3.63) is 57.3 Å². The van der Waals surface area contributed by atoms with Crippen molar-refractivity contribution in [1.29, 1.82) is 0 Å². The third-order valence-corrected chi connectivity index (χ3v) is 5.35. The van der Waals surface area contributed by atoms with Gasteiger partial charge >= 0.3 is 18.2 Å². The minimum absolute atomic E-state index is 0.321. The number of carbonyl (C=O) groups excluding carboxylic acids is 1. The van der Waals surface area contributed by atoms with Crippen molar-refractivity contribution in [2.24, 2.45) is 0 Å². The molecule has 0 radical (unpaired) electrons. The lowest BCUT2D eigenvalue weighted by Crippen LogP contribution is -2.31. The number of nitrogens with zero attached hydrogens (tertiary/aromatic N) is 3. The number of carboxylic acids is 1. The number of carboxylic acid groups (broad SMARTS) is 1. The number of hydrogen-bond donors (Lipinski definition) is 3. The van der Waals surface area contributed by atoms with E-state index in [2.05, 4.69) is 20.3 Å². The number of thiazole rings is 1. The minimum Gasteiger partial charge on any atom is -0.475 e. The highest BCUT2D eigenvalue weighted by Crippen LogP contribution is 2.29. The Labute approximate surface area is 204 Å². The van der Waals surface area contributed by atoms with Gasteiger partial charge in [0, 0.05) is 23.1 Å². The van der Waals surface area contributed by atoms with Gasteiger partial charge < -0.3 is 15.4 Å². The van der Waals surface area contributed by atoms with Crippen LogP contribution < -0.4 is 10.2 Å². The Balaban J connectivity index is 0.000000406. The topological polar surface area (TPSA) is 111 Å². The molecule has 3 N–H and O–H groups in total. The number of urea groups is 1. The first kappa shape index (κ1) is 25.3. The molecule has 8 nitrogen and oxygen atoms in total. The van der Waals surface area contributed by atoms with Crippen LogP contribution in [0.5, 0.6) is 0 Å². The lowest BCUT2D eigenvalue weighted by Gasteiger charge is -2.19. The van der Waals surface area contributed by atoms with Crippen LogP contribution in [0.4, 0.5) is 29.3 Å². The number of fused-ring (bicyclic) bond motifs is 1. The Morgan fingerprint density at radius 2 is 1.88 bits per heavy atom. The number of halogens is 5. The molecule has 0 spiro atoms. The Morgan fingerprint density at radius 1 is 1.18 bits per heavy atom. The highest BCUT2D eigenvalue weighted by atomic mass is 35.5. The van der Waals surface area contributed by atoms with Crippen LogP contribution in [-0.2, 0) is 4.79 Å². The maximum Gasteiger partial charge on any atom is 0.490 e. The number of anilines is 2. The third-order valence-electron chi connectivity index (χ3n) is 4.23. The molecule has 4 aromatic rings. The van der Waals surface area contributed by atoms with Crippen molar-refractivity contribution in [2.45, 2.75) is 6.18 Å². The molecule has 0 atom stereocenters. The van der Waals surface area contributed by atoms with E-state index in [4.69, 9.17) is 33.1 Å². The van der Waals surface area contributed by atoms with Crippen molar-refractivity contribution in [3.63, 3.8) is 0 Å². The van der Waals surface area contributed by atoms with Gasteiger partial charge in [0.1, 0.15) is 5.69 Å². The van der Waals surface area contributed by atoms with Crippen molar-refractivity contribution >= 4 is 68.9 Å². The van der Waals surface area contributed by atoms with Gasteiger partial charge in [-0.25, -0.2) is 19.6 Å². The SMILES string of the molecule is CN(C(=O)Nc1ccc2nc(-c3cscn3)[nH]c2c1)c1ccc(Cl)cc1Cl.O=C(O)C(F)(F)F. The molecular formula is C20H14Cl2F3N5O3S.